The molecule has 134 valence electrons. The molecule has 2 aromatic carbocycles. The first-order valence-electron chi connectivity index (χ1n) is 9.01. The second kappa shape index (κ2) is 7.44. The number of halogens is 1. The van der Waals surface area contributed by atoms with Gasteiger partial charge in [-0.15, -0.1) is 0 Å². The Bertz CT molecular complexity index is 698. The van der Waals surface area contributed by atoms with Crippen LogP contribution in [0.4, 0.5) is 15.8 Å². The maximum atomic E-state index is 13.1. The molecule has 1 fully saturated rings. The topological polar surface area (TPSA) is 27.3 Å². The lowest BCUT2D eigenvalue weighted by molar-refractivity contribution is 0.579. The molecule has 2 N–H and O–H groups in total. The highest BCUT2D eigenvalue weighted by atomic mass is 19.1. The van der Waals surface area contributed by atoms with Gasteiger partial charge in [-0.25, -0.2) is 4.39 Å². The standard InChI is InChI=1S/C21H28FN3/c1-21(2,3)17-12-16(15-24-19-6-4-18(22)5-7-19)13-20(14-17)25-10-8-23-9-11-25/h4-7,12-14,23-24H,8-11,15H2,1-3H3. The van der Waals surface area contributed by atoms with Crippen molar-refractivity contribution >= 4 is 11.4 Å². The van der Waals surface area contributed by atoms with Gasteiger partial charge in [0.2, 0.25) is 0 Å². The Balaban J connectivity index is 1.82. The summed E-state index contributed by atoms with van der Waals surface area (Å²) in [6.45, 7) is 11.6. The molecule has 0 radical (unpaired) electrons. The first kappa shape index (κ1) is 17.7. The largest absolute Gasteiger partial charge is 0.381 e. The number of benzene rings is 2. The van der Waals surface area contributed by atoms with Gasteiger partial charge in [-0.2, -0.15) is 0 Å². The van der Waals surface area contributed by atoms with Gasteiger partial charge in [0.05, 0.1) is 0 Å². The zero-order valence-electron chi connectivity index (χ0n) is 15.4. The molecule has 0 saturated carbocycles. The molecule has 25 heavy (non-hydrogen) atoms. The van der Waals surface area contributed by atoms with Crippen molar-refractivity contribution in [2.24, 2.45) is 0 Å². The van der Waals surface area contributed by atoms with E-state index in [4.69, 9.17) is 0 Å². The van der Waals surface area contributed by atoms with E-state index in [0.717, 1.165) is 38.4 Å². The first-order valence-corrected chi connectivity index (χ1v) is 9.01. The minimum atomic E-state index is -0.207. The lowest BCUT2D eigenvalue weighted by atomic mass is 9.85. The minimum absolute atomic E-state index is 0.106. The maximum Gasteiger partial charge on any atom is 0.123 e. The van der Waals surface area contributed by atoms with Crippen LogP contribution < -0.4 is 15.5 Å². The quantitative estimate of drug-likeness (QED) is 0.875. The number of anilines is 2. The Kier molecular flexibility index (Phi) is 5.28. The van der Waals surface area contributed by atoms with Crippen LogP contribution in [-0.4, -0.2) is 26.2 Å². The number of hydrogen-bond acceptors (Lipinski definition) is 3. The lowest BCUT2D eigenvalue weighted by Gasteiger charge is -2.31. The molecule has 1 aliphatic rings. The summed E-state index contributed by atoms with van der Waals surface area (Å²) in [6, 6.07) is 13.4. The zero-order valence-corrected chi connectivity index (χ0v) is 15.4. The van der Waals surface area contributed by atoms with Crippen LogP contribution in [0.2, 0.25) is 0 Å². The van der Waals surface area contributed by atoms with Gasteiger partial charge in [-0.05, 0) is 52.9 Å². The zero-order chi connectivity index (χ0) is 17.9. The third-order valence-corrected chi connectivity index (χ3v) is 4.67. The molecule has 0 aromatic heterocycles. The number of hydrogen-bond donors (Lipinski definition) is 2. The molecule has 0 atom stereocenters. The minimum Gasteiger partial charge on any atom is -0.381 e. The number of nitrogens with zero attached hydrogens (tertiary/aromatic N) is 1. The van der Waals surface area contributed by atoms with E-state index in [9.17, 15) is 4.39 Å². The normalized spacial score (nSPS) is 15.3. The average molecular weight is 341 g/mol. The Morgan fingerprint density at radius 1 is 1.04 bits per heavy atom. The predicted octanol–water partition coefficient (Wildman–Crippen LogP) is 4.14. The third-order valence-electron chi connectivity index (χ3n) is 4.67. The van der Waals surface area contributed by atoms with Crippen molar-refractivity contribution in [3.8, 4) is 0 Å². The van der Waals surface area contributed by atoms with Crippen molar-refractivity contribution < 1.29 is 4.39 Å². The van der Waals surface area contributed by atoms with E-state index in [1.54, 1.807) is 12.1 Å². The maximum absolute atomic E-state index is 13.1. The summed E-state index contributed by atoms with van der Waals surface area (Å²) < 4.78 is 13.1. The van der Waals surface area contributed by atoms with E-state index >= 15 is 0 Å². The monoisotopic (exact) mass is 341 g/mol. The summed E-state index contributed by atoms with van der Waals surface area (Å²) in [5.41, 5.74) is 4.94. The highest BCUT2D eigenvalue weighted by Crippen LogP contribution is 2.29. The molecule has 1 heterocycles. The van der Waals surface area contributed by atoms with Crippen molar-refractivity contribution in [3.63, 3.8) is 0 Å². The van der Waals surface area contributed by atoms with Gasteiger partial charge in [-0.1, -0.05) is 26.8 Å². The number of rotatable bonds is 4. The van der Waals surface area contributed by atoms with Crippen LogP contribution >= 0.6 is 0 Å². The smallest absolute Gasteiger partial charge is 0.123 e. The molecule has 4 heteroatoms. The molecule has 1 saturated heterocycles. The lowest BCUT2D eigenvalue weighted by Crippen LogP contribution is -2.43. The highest BCUT2D eigenvalue weighted by Gasteiger charge is 2.18. The number of nitrogens with one attached hydrogen (secondary N) is 2. The average Bonchev–Trinajstić information content (AvgIpc) is 2.61. The Morgan fingerprint density at radius 3 is 2.36 bits per heavy atom. The van der Waals surface area contributed by atoms with Crippen LogP contribution in [0, 0.1) is 5.82 Å². The van der Waals surface area contributed by atoms with Gasteiger partial charge in [0.15, 0.2) is 0 Å². The second-order valence-electron chi connectivity index (χ2n) is 7.74. The van der Waals surface area contributed by atoms with Crippen molar-refractivity contribution in [1.82, 2.24) is 5.32 Å². The molecule has 0 aliphatic carbocycles. The molecule has 0 bridgehead atoms. The van der Waals surface area contributed by atoms with Crippen LogP contribution in [0.1, 0.15) is 31.9 Å². The summed E-state index contributed by atoms with van der Waals surface area (Å²) in [5, 5.41) is 6.81. The fourth-order valence-electron chi connectivity index (χ4n) is 3.09. The summed E-state index contributed by atoms with van der Waals surface area (Å²) in [6.07, 6.45) is 0. The summed E-state index contributed by atoms with van der Waals surface area (Å²) >= 11 is 0. The van der Waals surface area contributed by atoms with Gasteiger partial charge < -0.3 is 15.5 Å². The fraction of sp³-hybridized carbons (Fsp3) is 0.429. The van der Waals surface area contributed by atoms with E-state index in [1.165, 1.54) is 28.9 Å². The molecule has 0 amide bonds. The van der Waals surface area contributed by atoms with Gasteiger partial charge >= 0.3 is 0 Å². The molecule has 3 nitrogen and oxygen atoms in total. The van der Waals surface area contributed by atoms with Crippen molar-refractivity contribution in [2.45, 2.75) is 32.7 Å². The van der Waals surface area contributed by atoms with Gasteiger partial charge in [0, 0.05) is 44.1 Å². The van der Waals surface area contributed by atoms with E-state index in [1.807, 2.05) is 0 Å². The summed E-state index contributed by atoms with van der Waals surface area (Å²) in [7, 11) is 0. The Hall–Kier alpha value is -2.07. The molecular formula is C21H28FN3. The van der Waals surface area contributed by atoms with Gasteiger partial charge in [0.1, 0.15) is 5.82 Å². The van der Waals surface area contributed by atoms with Crippen LogP contribution in [0.3, 0.4) is 0 Å². The molecule has 0 unspecified atom stereocenters. The second-order valence-corrected chi connectivity index (χ2v) is 7.74. The van der Waals surface area contributed by atoms with Gasteiger partial charge in [-0.3, -0.25) is 0 Å². The molecule has 2 aromatic rings. The van der Waals surface area contributed by atoms with E-state index < -0.39 is 0 Å². The van der Waals surface area contributed by atoms with E-state index in [-0.39, 0.29) is 11.2 Å². The Morgan fingerprint density at radius 2 is 1.72 bits per heavy atom. The SMILES string of the molecule is CC(C)(C)c1cc(CNc2ccc(F)cc2)cc(N2CCNCC2)c1. The number of piperazine rings is 1. The van der Waals surface area contributed by atoms with Crippen molar-refractivity contribution in [3.05, 3.63) is 59.4 Å². The highest BCUT2D eigenvalue weighted by molar-refractivity contribution is 5.54. The van der Waals surface area contributed by atoms with Crippen molar-refractivity contribution in [1.29, 1.82) is 0 Å². The van der Waals surface area contributed by atoms with Gasteiger partial charge in [0.25, 0.3) is 0 Å². The first-order chi connectivity index (χ1) is 11.9. The molecule has 3 rings (SSSR count). The third kappa shape index (κ3) is 4.73. The van der Waals surface area contributed by atoms with E-state index in [2.05, 4.69) is 54.5 Å². The molecule has 1 aliphatic heterocycles. The van der Waals surface area contributed by atoms with E-state index in [0.29, 0.717) is 0 Å². The summed E-state index contributed by atoms with van der Waals surface area (Å²) in [4.78, 5) is 2.45. The molecular weight excluding hydrogens is 313 g/mol. The van der Waals surface area contributed by atoms with Crippen molar-refractivity contribution in [2.75, 3.05) is 36.4 Å². The van der Waals surface area contributed by atoms with Crippen LogP contribution in [0.25, 0.3) is 0 Å². The summed E-state index contributed by atoms with van der Waals surface area (Å²) in [5.74, 6) is -0.207. The predicted molar refractivity (Wildman–Crippen MR) is 104 cm³/mol. The fourth-order valence-corrected chi connectivity index (χ4v) is 3.09. The van der Waals surface area contributed by atoms with Crippen LogP contribution in [-0.2, 0) is 12.0 Å². The van der Waals surface area contributed by atoms with Crippen LogP contribution in [0.15, 0.2) is 42.5 Å². The van der Waals surface area contributed by atoms with Crippen LogP contribution in [0.5, 0.6) is 0 Å². The molecule has 0 spiro atoms. The Labute approximate surface area is 150 Å².